The Labute approximate surface area is 140 Å². The number of aliphatic hydroxyl groups excluding tert-OH is 1. The van der Waals surface area contributed by atoms with E-state index in [0.29, 0.717) is 13.0 Å². The maximum atomic E-state index is 9.24. The number of benzene rings is 2. The number of ether oxygens (including phenoxy) is 1. The van der Waals surface area contributed by atoms with Crippen LogP contribution in [0.5, 0.6) is 5.75 Å². The Morgan fingerprint density at radius 1 is 0.913 bits per heavy atom. The molecule has 0 radical (unpaired) electrons. The molecule has 1 unspecified atom stereocenters. The zero-order valence-corrected chi connectivity index (χ0v) is 14.5. The minimum Gasteiger partial charge on any atom is -0.489 e. The van der Waals surface area contributed by atoms with Gasteiger partial charge < -0.3 is 9.84 Å². The van der Waals surface area contributed by atoms with Crippen molar-refractivity contribution in [1.82, 2.24) is 0 Å². The molecule has 3 nitrogen and oxygen atoms in total. The van der Waals surface area contributed by atoms with Gasteiger partial charge in [0.1, 0.15) is 18.5 Å². The van der Waals surface area contributed by atoms with E-state index >= 15 is 0 Å². The SMILES string of the molecule is CC.CC.N#CC(O)Cc1ccc(OCc2ccccc2)cc1. The van der Waals surface area contributed by atoms with Gasteiger partial charge in [0.15, 0.2) is 0 Å². The van der Waals surface area contributed by atoms with Crippen molar-refractivity contribution in [2.75, 3.05) is 0 Å². The van der Waals surface area contributed by atoms with Gasteiger partial charge in [-0.1, -0.05) is 70.2 Å². The van der Waals surface area contributed by atoms with E-state index in [2.05, 4.69) is 0 Å². The Balaban J connectivity index is 0.00000112. The molecule has 0 heterocycles. The first kappa shape index (κ1) is 20.7. The smallest absolute Gasteiger partial charge is 0.144 e. The maximum absolute atomic E-state index is 9.24. The third-order valence-electron chi connectivity index (χ3n) is 2.75. The van der Waals surface area contributed by atoms with E-state index in [9.17, 15) is 5.11 Å². The van der Waals surface area contributed by atoms with Crippen LogP contribution in [-0.4, -0.2) is 11.2 Å². The van der Waals surface area contributed by atoms with E-state index in [-0.39, 0.29) is 0 Å². The van der Waals surface area contributed by atoms with E-state index in [4.69, 9.17) is 10.00 Å². The summed E-state index contributed by atoms with van der Waals surface area (Å²) in [5.74, 6) is 0.777. The van der Waals surface area contributed by atoms with Gasteiger partial charge in [0, 0.05) is 6.42 Å². The molecule has 0 aliphatic carbocycles. The summed E-state index contributed by atoms with van der Waals surface area (Å²) in [6.07, 6.45) is -0.605. The predicted octanol–water partition coefficient (Wildman–Crippen LogP) is 4.74. The van der Waals surface area contributed by atoms with Crippen LogP contribution >= 0.6 is 0 Å². The summed E-state index contributed by atoms with van der Waals surface area (Å²) >= 11 is 0. The number of aliphatic hydroxyl groups is 1. The molecule has 2 aromatic carbocycles. The number of nitriles is 1. The Kier molecular flexibility index (Phi) is 12.0. The standard InChI is InChI=1S/C16H15NO2.2C2H6/c17-11-15(18)10-13-6-8-16(9-7-13)19-12-14-4-2-1-3-5-14;2*1-2/h1-9,15,18H,10,12H2;2*1-2H3. The van der Waals surface area contributed by atoms with Crippen LogP contribution in [0, 0.1) is 11.3 Å². The Morgan fingerprint density at radius 3 is 2.00 bits per heavy atom. The average molecular weight is 313 g/mol. The second kappa shape index (κ2) is 13.4. The lowest BCUT2D eigenvalue weighted by molar-refractivity contribution is 0.231. The van der Waals surface area contributed by atoms with Crippen molar-refractivity contribution in [2.24, 2.45) is 0 Å². The van der Waals surface area contributed by atoms with E-state index < -0.39 is 6.10 Å². The van der Waals surface area contributed by atoms with Gasteiger partial charge in [0.05, 0.1) is 6.07 Å². The first-order valence-corrected chi connectivity index (χ1v) is 8.11. The molecule has 2 rings (SSSR count). The quantitative estimate of drug-likeness (QED) is 0.811. The molecule has 0 bridgehead atoms. The summed E-state index contributed by atoms with van der Waals surface area (Å²) in [6.45, 7) is 8.53. The van der Waals surface area contributed by atoms with Gasteiger partial charge in [-0.3, -0.25) is 0 Å². The lowest BCUT2D eigenvalue weighted by Crippen LogP contribution is -2.06. The van der Waals surface area contributed by atoms with Gasteiger partial charge in [-0.05, 0) is 23.3 Å². The fourth-order valence-electron chi connectivity index (χ4n) is 1.73. The number of hydrogen-bond acceptors (Lipinski definition) is 3. The van der Waals surface area contributed by atoms with Crippen molar-refractivity contribution in [3.8, 4) is 11.8 Å². The molecule has 0 amide bonds. The minimum absolute atomic E-state index is 0.343. The van der Waals surface area contributed by atoms with Crippen molar-refractivity contribution >= 4 is 0 Å². The third kappa shape index (κ3) is 8.65. The summed E-state index contributed by atoms with van der Waals surface area (Å²) in [5.41, 5.74) is 2.03. The molecule has 2 aromatic rings. The lowest BCUT2D eigenvalue weighted by atomic mass is 10.1. The third-order valence-corrected chi connectivity index (χ3v) is 2.75. The van der Waals surface area contributed by atoms with Gasteiger partial charge >= 0.3 is 0 Å². The van der Waals surface area contributed by atoms with Gasteiger partial charge in [0.25, 0.3) is 0 Å². The van der Waals surface area contributed by atoms with E-state index in [0.717, 1.165) is 16.9 Å². The molecule has 1 N–H and O–H groups in total. The molecular weight excluding hydrogens is 286 g/mol. The summed E-state index contributed by atoms with van der Waals surface area (Å²) in [6, 6.07) is 19.2. The molecule has 0 aliphatic rings. The predicted molar refractivity (Wildman–Crippen MR) is 95.2 cm³/mol. The molecule has 124 valence electrons. The van der Waals surface area contributed by atoms with Gasteiger partial charge in [-0.15, -0.1) is 0 Å². The van der Waals surface area contributed by atoms with Crippen LogP contribution in [0.1, 0.15) is 38.8 Å². The zero-order chi connectivity index (χ0) is 17.5. The van der Waals surface area contributed by atoms with E-state index in [1.54, 1.807) is 6.07 Å². The molecule has 0 saturated carbocycles. The molecule has 0 aliphatic heterocycles. The second-order valence-electron chi connectivity index (χ2n) is 4.27. The highest BCUT2D eigenvalue weighted by Gasteiger charge is 2.03. The largest absolute Gasteiger partial charge is 0.489 e. The summed E-state index contributed by atoms with van der Waals surface area (Å²) in [7, 11) is 0. The fourth-order valence-corrected chi connectivity index (χ4v) is 1.73. The van der Waals surface area contributed by atoms with Crippen LogP contribution in [-0.2, 0) is 13.0 Å². The molecule has 3 heteroatoms. The van der Waals surface area contributed by atoms with Crippen LogP contribution in [0.4, 0.5) is 0 Å². The summed E-state index contributed by atoms with van der Waals surface area (Å²) < 4.78 is 5.65. The van der Waals surface area contributed by atoms with Crippen LogP contribution in [0.3, 0.4) is 0 Å². The van der Waals surface area contributed by atoms with Crippen LogP contribution in [0.2, 0.25) is 0 Å². The van der Waals surface area contributed by atoms with Crippen molar-refractivity contribution in [3.63, 3.8) is 0 Å². The number of hydrogen-bond donors (Lipinski definition) is 1. The zero-order valence-electron chi connectivity index (χ0n) is 14.5. The Bertz CT molecular complexity index is 544. The highest BCUT2D eigenvalue weighted by atomic mass is 16.5. The molecule has 0 fully saturated rings. The van der Waals surface area contributed by atoms with Gasteiger partial charge in [-0.2, -0.15) is 5.26 Å². The maximum Gasteiger partial charge on any atom is 0.144 e. The fraction of sp³-hybridized carbons (Fsp3) is 0.350. The molecule has 23 heavy (non-hydrogen) atoms. The summed E-state index contributed by atoms with van der Waals surface area (Å²) in [4.78, 5) is 0. The van der Waals surface area contributed by atoms with Gasteiger partial charge in [-0.25, -0.2) is 0 Å². The van der Waals surface area contributed by atoms with Crippen LogP contribution < -0.4 is 4.74 Å². The lowest BCUT2D eigenvalue weighted by Gasteiger charge is -2.07. The van der Waals surface area contributed by atoms with Crippen molar-refractivity contribution in [3.05, 3.63) is 65.7 Å². The Morgan fingerprint density at radius 2 is 1.48 bits per heavy atom. The van der Waals surface area contributed by atoms with E-state index in [1.165, 1.54) is 0 Å². The Hall–Kier alpha value is -2.31. The number of nitrogens with zero attached hydrogens (tertiary/aromatic N) is 1. The average Bonchev–Trinajstić information content (AvgIpc) is 2.65. The molecule has 1 atom stereocenters. The molecular formula is C20H27NO2. The highest BCUT2D eigenvalue weighted by molar-refractivity contribution is 5.28. The van der Waals surface area contributed by atoms with Crippen molar-refractivity contribution in [2.45, 2.75) is 46.8 Å². The monoisotopic (exact) mass is 313 g/mol. The first-order valence-electron chi connectivity index (χ1n) is 8.11. The van der Waals surface area contributed by atoms with Crippen molar-refractivity contribution < 1.29 is 9.84 Å². The molecule has 0 aromatic heterocycles. The van der Waals surface area contributed by atoms with Crippen molar-refractivity contribution in [1.29, 1.82) is 5.26 Å². The summed E-state index contributed by atoms with van der Waals surface area (Å²) in [5, 5.41) is 17.8. The first-order chi connectivity index (χ1) is 11.3. The highest BCUT2D eigenvalue weighted by Crippen LogP contribution is 2.15. The normalized spacial score (nSPS) is 10.1. The second-order valence-corrected chi connectivity index (χ2v) is 4.27. The molecule has 0 saturated heterocycles. The van der Waals surface area contributed by atoms with Gasteiger partial charge in [0.2, 0.25) is 0 Å². The van der Waals surface area contributed by atoms with E-state index in [1.807, 2.05) is 82.3 Å². The van der Waals surface area contributed by atoms with Crippen LogP contribution in [0.15, 0.2) is 54.6 Å². The molecule has 0 spiro atoms. The topological polar surface area (TPSA) is 53.2 Å². The van der Waals surface area contributed by atoms with Crippen LogP contribution in [0.25, 0.3) is 0 Å². The minimum atomic E-state index is -0.948. The number of rotatable bonds is 5.